The minimum atomic E-state index is -0.631. The van der Waals surface area contributed by atoms with Crippen molar-refractivity contribution in [2.24, 2.45) is 0 Å². The van der Waals surface area contributed by atoms with Gasteiger partial charge in [-0.05, 0) is 38.2 Å². The summed E-state index contributed by atoms with van der Waals surface area (Å²) < 4.78 is 5.04. The van der Waals surface area contributed by atoms with E-state index in [1.807, 2.05) is 0 Å². The van der Waals surface area contributed by atoms with E-state index in [1.54, 1.807) is 45.3 Å². The van der Waals surface area contributed by atoms with Gasteiger partial charge in [0.15, 0.2) is 0 Å². The number of imide groups is 1. The Morgan fingerprint density at radius 2 is 1.83 bits per heavy atom. The Morgan fingerprint density at radius 3 is 2.35 bits per heavy atom. The van der Waals surface area contributed by atoms with Crippen LogP contribution in [0.15, 0.2) is 24.3 Å². The maximum absolute atomic E-state index is 12.0. The zero-order valence-electron chi connectivity index (χ0n) is 13.7. The average molecular weight is 322 g/mol. The van der Waals surface area contributed by atoms with E-state index in [0.29, 0.717) is 11.4 Å². The highest BCUT2D eigenvalue weighted by Crippen LogP contribution is 2.14. The molecule has 8 nitrogen and oxygen atoms in total. The lowest BCUT2D eigenvalue weighted by atomic mass is 10.2. The number of ether oxygens (including phenoxy) is 1. The molecule has 1 atom stereocenters. The number of rotatable bonds is 6. The van der Waals surface area contributed by atoms with Crippen molar-refractivity contribution in [3.05, 3.63) is 24.3 Å². The van der Waals surface area contributed by atoms with Crippen molar-refractivity contribution in [1.82, 2.24) is 15.5 Å². The van der Waals surface area contributed by atoms with E-state index in [0.717, 1.165) is 0 Å². The largest absolute Gasteiger partial charge is 0.497 e. The molecule has 0 aromatic heterocycles. The van der Waals surface area contributed by atoms with Crippen molar-refractivity contribution < 1.29 is 19.1 Å². The molecule has 8 heteroatoms. The number of hydrogen-bond acceptors (Lipinski definition) is 5. The van der Waals surface area contributed by atoms with Gasteiger partial charge in [0.1, 0.15) is 5.75 Å². The van der Waals surface area contributed by atoms with Crippen LogP contribution in [0.1, 0.15) is 6.92 Å². The van der Waals surface area contributed by atoms with E-state index in [2.05, 4.69) is 16.0 Å². The van der Waals surface area contributed by atoms with E-state index in [-0.39, 0.29) is 12.5 Å². The minimum absolute atomic E-state index is 0.00829. The molecule has 0 heterocycles. The predicted molar refractivity (Wildman–Crippen MR) is 86.3 cm³/mol. The molecule has 3 N–H and O–H groups in total. The molecule has 0 saturated heterocycles. The molecule has 0 bridgehead atoms. The summed E-state index contributed by atoms with van der Waals surface area (Å²) in [5.41, 5.74) is 0.631. The maximum atomic E-state index is 12.0. The summed E-state index contributed by atoms with van der Waals surface area (Å²) in [5.74, 6) is -0.0547. The van der Waals surface area contributed by atoms with Crippen molar-refractivity contribution in [3.63, 3.8) is 0 Å². The zero-order chi connectivity index (χ0) is 17.4. The molecule has 0 saturated carbocycles. The van der Waals surface area contributed by atoms with Crippen LogP contribution in [0.3, 0.4) is 0 Å². The summed E-state index contributed by atoms with van der Waals surface area (Å²) in [6.07, 6.45) is 0. The van der Waals surface area contributed by atoms with Crippen molar-refractivity contribution in [2.45, 2.75) is 13.0 Å². The van der Waals surface area contributed by atoms with Crippen molar-refractivity contribution in [3.8, 4) is 5.75 Å². The Morgan fingerprint density at radius 1 is 1.22 bits per heavy atom. The van der Waals surface area contributed by atoms with Crippen LogP contribution in [0.4, 0.5) is 10.5 Å². The molecule has 1 rings (SSSR count). The van der Waals surface area contributed by atoms with Gasteiger partial charge in [-0.1, -0.05) is 0 Å². The zero-order valence-corrected chi connectivity index (χ0v) is 13.7. The van der Waals surface area contributed by atoms with Gasteiger partial charge in [-0.2, -0.15) is 0 Å². The van der Waals surface area contributed by atoms with E-state index >= 15 is 0 Å². The number of likely N-dealkylation sites (N-methyl/N-ethyl adjacent to an activating group) is 1. The Bertz CT molecular complexity index is 559. The second kappa shape index (κ2) is 8.74. The van der Waals surface area contributed by atoms with Gasteiger partial charge in [-0.25, -0.2) is 4.79 Å². The fourth-order valence-corrected chi connectivity index (χ4v) is 1.72. The standard InChI is InChI=1S/C15H22N4O4/c1-10(14(21)18-15(22)16-2)19(3)9-13(20)17-11-5-7-12(23-4)8-6-11/h5-8,10H,9H2,1-4H3,(H,17,20)(H2,16,18,21,22)/t10-/m0/s1. The fraction of sp³-hybridized carbons (Fsp3) is 0.400. The number of amides is 4. The second-order valence-electron chi connectivity index (χ2n) is 4.94. The number of nitrogens with one attached hydrogen (secondary N) is 3. The first-order valence-electron chi connectivity index (χ1n) is 7.04. The molecule has 23 heavy (non-hydrogen) atoms. The van der Waals surface area contributed by atoms with Gasteiger partial charge in [0.05, 0.1) is 19.7 Å². The summed E-state index contributed by atoms with van der Waals surface area (Å²) in [5, 5.41) is 7.19. The number of carbonyl (C=O) groups excluding carboxylic acids is 3. The third-order valence-electron chi connectivity index (χ3n) is 3.27. The number of methoxy groups -OCH3 is 1. The molecule has 0 fully saturated rings. The molecule has 4 amide bonds. The Kier molecular flexibility index (Phi) is 7.01. The highest BCUT2D eigenvalue weighted by atomic mass is 16.5. The first-order chi connectivity index (χ1) is 10.9. The van der Waals surface area contributed by atoms with Crippen LogP contribution in [-0.2, 0) is 9.59 Å². The topological polar surface area (TPSA) is 99.8 Å². The normalized spacial score (nSPS) is 11.5. The number of anilines is 1. The number of carbonyl (C=O) groups is 3. The van der Waals surface area contributed by atoms with Crippen LogP contribution in [0, 0.1) is 0 Å². The fourth-order valence-electron chi connectivity index (χ4n) is 1.72. The van der Waals surface area contributed by atoms with Crippen LogP contribution >= 0.6 is 0 Å². The van der Waals surface area contributed by atoms with Crippen molar-refractivity contribution in [2.75, 3.05) is 33.1 Å². The summed E-state index contributed by atoms with van der Waals surface area (Å²) in [6, 6.07) is 5.70. The number of benzene rings is 1. The van der Waals surface area contributed by atoms with Crippen LogP contribution in [0.5, 0.6) is 5.75 Å². The number of hydrogen-bond donors (Lipinski definition) is 3. The highest BCUT2D eigenvalue weighted by molar-refractivity contribution is 5.97. The molecule has 0 unspecified atom stereocenters. The van der Waals surface area contributed by atoms with E-state index in [1.165, 1.54) is 11.9 Å². The minimum Gasteiger partial charge on any atom is -0.497 e. The van der Waals surface area contributed by atoms with Gasteiger partial charge >= 0.3 is 6.03 Å². The quantitative estimate of drug-likeness (QED) is 0.704. The molecular formula is C15H22N4O4. The van der Waals surface area contributed by atoms with Crippen LogP contribution in [-0.4, -0.2) is 56.5 Å². The smallest absolute Gasteiger partial charge is 0.321 e. The Balaban J connectivity index is 2.51. The average Bonchev–Trinajstić information content (AvgIpc) is 2.54. The lowest BCUT2D eigenvalue weighted by Crippen LogP contribution is -2.49. The van der Waals surface area contributed by atoms with Gasteiger partial charge in [0, 0.05) is 12.7 Å². The van der Waals surface area contributed by atoms with Crippen molar-refractivity contribution >= 4 is 23.5 Å². The second-order valence-corrected chi connectivity index (χ2v) is 4.94. The number of nitrogens with zero attached hydrogens (tertiary/aromatic N) is 1. The van der Waals surface area contributed by atoms with E-state index in [9.17, 15) is 14.4 Å². The SMILES string of the molecule is CNC(=O)NC(=O)[C@H](C)N(C)CC(=O)Nc1ccc(OC)cc1. The third kappa shape index (κ3) is 5.95. The third-order valence-corrected chi connectivity index (χ3v) is 3.27. The van der Waals surface area contributed by atoms with Gasteiger partial charge in [-0.15, -0.1) is 0 Å². The lowest BCUT2D eigenvalue weighted by Gasteiger charge is -2.22. The van der Waals surface area contributed by atoms with Crippen LogP contribution < -0.4 is 20.7 Å². The van der Waals surface area contributed by atoms with E-state index < -0.39 is 18.0 Å². The first kappa shape index (κ1) is 18.4. The molecule has 0 radical (unpaired) electrons. The van der Waals surface area contributed by atoms with Gasteiger partial charge < -0.3 is 15.4 Å². The van der Waals surface area contributed by atoms with Crippen molar-refractivity contribution in [1.29, 1.82) is 0 Å². The molecule has 0 aliphatic heterocycles. The molecule has 1 aromatic rings. The molecular weight excluding hydrogens is 300 g/mol. The molecule has 1 aromatic carbocycles. The monoisotopic (exact) mass is 322 g/mol. The highest BCUT2D eigenvalue weighted by Gasteiger charge is 2.21. The first-order valence-corrected chi connectivity index (χ1v) is 7.04. The molecule has 126 valence electrons. The van der Waals surface area contributed by atoms with Gasteiger partial charge in [0.25, 0.3) is 0 Å². The summed E-state index contributed by atoms with van der Waals surface area (Å²) in [4.78, 5) is 36.4. The van der Waals surface area contributed by atoms with Crippen LogP contribution in [0.2, 0.25) is 0 Å². The predicted octanol–water partition coefficient (Wildman–Crippen LogP) is 0.410. The summed E-state index contributed by atoms with van der Waals surface area (Å²) in [7, 11) is 4.61. The van der Waals surface area contributed by atoms with Crippen LogP contribution in [0.25, 0.3) is 0 Å². The molecule has 0 aliphatic carbocycles. The lowest BCUT2D eigenvalue weighted by molar-refractivity contribution is -0.125. The Labute approximate surface area is 135 Å². The number of urea groups is 1. The van der Waals surface area contributed by atoms with Gasteiger partial charge in [-0.3, -0.25) is 19.8 Å². The molecule has 0 spiro atoms. The van der Waals surface area contributed by atoms with E-state index in [4.69, 9.17) is 4.74 Å². The Hall–Kier alpha value is -2.61. The summed E-state index contributed by atoms with van der Waals surface area (Å²) in [6.45, 7) is 1.62. The summed E-state index contributed by atoms with van der Waals surface area (Å²) >= 11 is 0. The maximum Gasteiger partial charge on any atom is 0.321 e. The van der Waals surface area contributed by atoms with Gasteiger partial charge in [0.2, 0.25) is 11.8 Å². The molecule has 0 aliphatic rings.